The molecule has 0 unspecified atom stereocenters. The summed E-state index contributed by atoms with van der Waals surface area (Å²) >= 11 is 0. The van der Waals surface area contributed by atoms with Crippen LogP contribution in [0.4, 0.5) is 4.79 Å². The maximum atomic E-state index is 10.6. The van der Waals surface area contributed by atoms with Gasteiger partial charge in [-0.3, -0.25) is 0 Å². The Kier molecular flexibility index (Phi) is 10.2. The zero-order valence-corrected chi connectivity index (χ0v) is 8.52. The van der Waals surface area contributed by atoms with E-state index in [1.54, 1.807) is 0 Å². The van der Waals surface area contributed by atoms with E-state index in [1.807, 2.05) is 0 Å². The molecule has 0 aliphatic rings. The highest BCUT2D eigenvalue weighted by Crippen LogP contribution is 1.86. The maximum Gasteiger partial charge on any atom is 0.513 e. The molecule has 15 heavy (non-hydrogen) atoms. The molecule has 0 fully saturated rings. The molecular weight excluding hydrogens is 204 g/mol. The van der Waals surface area contributed by atoms with Crippen LogP contribution in [0, 0.1) is 0 Å². The summed E-state index contributed by atoms with van der Waals surface area (Å²) in [7, 11) is 0. The average molecular weight is 220 g/mol. The van der Waals surface area contributed by atoms with Crippen molar-refractivity contribution < 1.29 is 28.8 Å². The van der Waals surface area contributed by atoms with E-state index in [0.29, 0.717) is 19.8 Å². The highest BCUT2D eigenvalue weighted by molar-refractivity contribution is 5.60. The first-order chi connectivity index (χ1) is 7.31. The zero-order valence-electron chi connectivity index (χ0n) is 8.52. The third-order valence-electron chi connectivity index (χ3n) is 1.23. The summed E-state index contributed by atoms with van der Waals surface area (Å²) in [6, 6.07) is 0. The molecule has 0 radical (unpaired) electrons. The van der Waals surface area contributed by atoms with Crippen LogP contribution in [0.1, 0.15) is 0 Å². The molecule has 0 aliphatic carbocycles. The summed E-state index contributed by atoms with van der Waals surface area (Å²) in [6.07, 6.45) is 0.191. The number of aliphatic hydroxyl groups is 1. The predicted molar refractivity (Wildman–Crippen MR) is 51.4 cm³/mol. The monoisotopic (exact) mass is 220 g/mol. The number of rotatable bonds is 9. The van der Waals surface area contributed by atoms with Gasteiger partial charge in [0.25, 0.3) is 0 Å². The molecule has 0 aromatic rings. The van der Waals surface area contributed by atoms with Gasteiger partial charge in [0, 0.05) is 0 Å². The predicted octanol–water partition coefficient (Wildman–Crippen LogP) is 0.309. The van der Waals surface area contributed by atoms with Crippen LogP contribution in [0.5, 0.6) is 0 Å². The van der Waals surface area contributed by atoms with E-state index in [0.717, 1.165) is 6.26 Å². The molecule has 0 atom stereocenters. The van der Waals surface area contributed by atoms with Crippen molar-refractivity contribution in [2.75, 3.05) is 39.6 Å². The lowest BCUT2D eigenvalue weighted by atomic mass is 10.7. The van der Waals surface area contributed by atoms with Crippen LogP contribution in [0.2, 0.25) is 0 Å². The van der Waals surface area contributed by atoms with Gasteiger partial charge >= 0.3 is 6.16 Å². The fourth-order valence-electron chi connectivity index (χ4n) is 0.673. The Bertz CT molecular complexity index is 170. The van der Waals surface area contributed by atoms with Gasteiger partial charge in [-0.05, 0) is 0 Å². The molecule has 88 valence electrons. The van der Waals surface area contributed by atoms with E-state index < -0.39 is 6.16 Å². The SMILES string of the molecule is C=COC(=O)OCCOCCOCCO. The van der Waals surface area contributed by atoms with Crippen molar-refractivity contribution in [2.45, 2.75) is 0 Å². The molecule has 0 saturated heterocycles. The van der Waals surface area contributed by atoms with Crippen LogP contribution in [0.25, 0.3) is 0 Å². The molecule has 0 saturated carbocycles. The normalized spacial score (nSPS) is 9.67. The largest absolute Gasteiger partial charge is 0.513 e. The highest BCUT2D eigenvalue weighted by Gasteiger charge is 1.99. The first kappa shape index (κ1) is 13.9. The van der Waals surface area contributed by atoms with Crippen molar-refractivity contribution in [3.05, 3.63) is 12.8 Å². The van der Waals surface area contributed by atoms with E-state index in [2.05, 4.69) is 16.1 Å². The summed E-state index contributed by atoms with van der Waals surface area (Å²) in [5.74, 6) is 0. The topological polar surface area (TPSA) is 74.2 Å². The summed E-state index contributed by atoms with van der Waals surface area (Å²) < 4.78 is 18.8. The van der Waals surface area contributed by atoms with Gasteiger partial charge in [0.2, 0.25) is 0 Å². The van der Waals surface area contributed by atoms with Gasteiger partial charge in [0.1, 0.15) is 6.61 Å². The minimum absolute atomic E-state index is 0.00347. The van der Waals surface area contributed by atoms with E-state index >= 15 is 0 Å². The minimum atomic E-state index is -0.801. The molecule has 1 N–H and O–H groups in total. The lowest BCUT2D eigenvalue weighted by Gasteiger charge is -2.05. The summed E-state index contributed by atoms with van der Waals surface area (Å²) in [5.41, 5.74) is 0. The Hall–Kier alpha value is -1.11. The second kappa shape index (κ2) is 11.0. The van der Waals surface area contributed by atoms with Gasteiger partial charge in [-0.15, -0.1) is 0 Å². The Morgan fingerprint density at radius 3 is 2.33 bits per heavy atom. The second-order valence-corrected chi connectivity index (χ2v) is 2.33. The van der Waals surface area contributed by atoms with Crippen molar-refractivity contribution in [1.29, 1.82) is 0 Å². The van der Waals surface area contributed by atoms with Crippen molar-refractivity contribution in [2.24, 2.45) is 0 Å². The van der Waals surface area contributed by atoms with Gasteiger partial charge in [-0.1, -0.05) is 6.58 Å². The lowest BCUT2D eigenvalue weighted by molar-refractivity contribution is 0.0108. The fraction of sp³-hybridized carbons (Fsp3) is 0.667. The fourth-order valence-corrected chi connectivity index (χ4v) is 0.673. The van der Waals surface area contributed by atoms with Crippen molar-refractivity contribution in [1.82, 2.24) is 0 Å². The van der Waals surface area contributed by atoms with Crippen molar-refractivity contribution in [3.63, 3.8) is 0 Å². The molecule has 0 aliphatic heterocycles. The van der Waals surface area contributed by atoms with Crippen molar-refractivity contribution >= 4 is 6.16 Å². The highest BCUT2D eigenvalue weighted by atomic mass is 16.7. The Morgan fingerprint density at radius 2 is 1.73 bits per heavy atom. The van der Waals surface area contributed by atoms with E-state index in [4.69, 9.17) is 14.6 Å². The lowest BCUT2D eigenvalue weighted by Crippen LogP contribution is -2.13. The number of carbonyl (C=O) groups excluding carboxylic acids is 1. The average Bonchev–Trinajstić information content (AvgIpc) is 2.22. The van der Waals surface area contributed by atoms with Gasteiger partial charge in [-0.2, -0.15) is 0 Å². The molecule has 0 bridgehead atoms. The maximum absolute atomic E-state index is 10.6. The quantitative estimate of drug-likeness (QED) is 0.342. The van der Waals surface area contributed by atoms with E-state index in [9.17, 15) is 4.79 Å². The van der Waals surface area contributed by atoms with Crippen LogP contribution >= 0.6 is 0 Å². The Balaban J connectivity index is 3.04. The van der Waals surface area contributed by atoms with Crippen LogP contribution in [0.3, 0.4) is 0 Å². The summed E-state index contributed by atoms with van der Waals surface area (Å²) in [4.78, 5) is 10.6. The first-order valence-corrected chi connectivity index (χ1v) is 4.52. The first-order valence-electron chi connectivity index (χ1n) is 4.52. The van der Waals surface area contributed by atoms with Crippen LogP contribution < -0.4 is 0 Å². The Morgan fingerprint density at radius 1 is 1.13 bits per heavy atom. The molecule has 0 rings (SSSR count). The van der Waals surface area contributed by atoms with Crippen LogP contribution in [-0.2, 0) is 18.9 Å². The Labute approximate surface area is 88.4 Å². The molecule has 0 aromatic heterocycles. The number of aliphatic hydroxyl groups excluding tert-OH is 1. The number of ether oxygens (including phenoxy) is 4. The van der Waals surface area contributed by atoms with Gasteiger partial charge < -0.3 is 24.1 Å². The van der Waals surface area contributed by atoms with Crippen molar-refractivity contribution in [3.8, 4) is 0 Å². The van der Waals surface area contributed by atoms with E-state index in [1.165, 1.54) is 0 Å². The molecule has 0 heterocycles. The molecule has 6 nitrogen and oxygen atoms in total. The molecule has 0 aromatic carbocycles. The third kappa shape index (κ3) is 10.8. The van der Waals surface area contributed by atoms with E-state index in [-0.39, 0.29) is 19.8 Å². The number of hydrogen-bond donors (Lipinski definition) is 1. The number of hydrogen-bond acceptors (Lipinski definition) is 6. The van der Waals surface area contributed by atoms with Gasteiger partial charge in [-0.25, -0.2) is 4.79 Å². The molecule has 0 amide bonds. The summed E-state index contributed by atoms with van der Waals surface area (Å²) in [5, 5.41) is 8.37. The van der Waals surface area contributed by atoms with Gasteiger partial charge in [0.15, 0.2) is 0 Å². The standard InChI is InChI=1S/C9H16O6/c1-2-14-9(11)15-8-7-13-6-5-12-4-3-10/h2,10H,1,3-8H2. The van der Waals surface area contributed by atoms with Crippen LogP contribution in [0.15, 0.2) is 12.8 Å². The van der Waals surface area contributed by atoms with Crippen LogP contribution in [-0.4, -0.2) is 50.9 Å². The number of carbonyl (C=O) groups is 1. The summed E-state index contributed by atoms with van der Waals surface area (Å²) in [6.45, 7) is 4.67. The van der Waals surface area contributed by atoms with Gasteiger partial charge in [0.05, 0.1) is 39.3 Å². The molecule has 0 spiro atoms. The second-order valence-electron chi connectivity index (χ2n) is 2.33. The molecular formula is C9H16O6. The minimum Gasteiger partial charge on any atom is -0.432 e. The molecule has 6 heteroatoms. The smallest absolute Gasteiger partial charge is 0.432 e. The third-order valence-corrected chi connectivity index (χ3v) is 1.23. The zero-order chi connectivity index (χ0) is 11.4.